The number of nitrogens with zero attached hydrogens (tertiary/aromatic N) is 2. The summed E-state index contributed by atoms with van der Waals surface area (Å²) < 4.78 is 13.2. The minimum atomic E-state index is -0.136. The third kappa shape index (κ3) is 5.64. The van der Waals surface area contributed by atoms with Crippen molar-refractivity contribution in [2.75, 3.05) is 20.3 Å². The number of methoxy groups -OCH3 is 1. The minimum Gasteiger partial charge on any atom is -0.485 e. The second-order valence-electron chi connectivity index (χ2n) is 8.33. The van der Waals surface area contributed by atoms with Crippen molar-refractivity contribution in [2.24, 2.45) is 0 Å². The Morgan fingerprint density at radius 1 is 1.06 bits per heavy atom. The Bertz CT molecular complexity index is 1220. The Morgan fingerprint density at radius 3 is 2.65 bits per heavy atom. The van der Waals surface area contributed by atoms with Gasteiger partial charge < -0.3 is 19.2 Å². The van der Waals surface area contributed by atoms with Gasteiger partial charge in [-0.2, -0.15) is 0 Å². The van der Waals surface area contributed by atoms with E-state index in [2.05, 4.69) is 24.4 Å². The van der Waals surface area contributed by atoms with Gasteiger partial charge in [0.2, 0.25) is 5.91 Å². The molecule has 6 heteroatoms. The maximum Gasteiger partial charge on any atom is 0.221 e. The molecule has 0 saturated carbocycles. The molecular weight excluding hydrogens is 426 g/mol. The first-order valence-electron chi connectivity index (χ1n) is 11.6. The SMILES string of the molecule is COCCCNC(=O)CC(c1ccccc1C)c1cnc2c(OCc3ccccc3)cccn12. The maximum absolute atomic E-state index is 12.9. The molecule has 6 nitrogen and oxygen atoms in total. The van der Waals surface area contributed by atoms with Gasteiger partial charge in [0, 0.05) is 45.0 Å². The minimum absolute atomic E-state index is 0.00999. The Balaban J connectivity index is 1.62. The molecule has 34 heavy (non-hydrogen) atoms. The van der Waals surface area contributed by atoms with Crippen molar-refractivity contribution in [3.8, 4) is 5.75 Å². The van der Waals surface area contributed by atoms with Gasteiger partial charge in [-0.1, -0.05) is 54.6 Å². The molecule has 2 heterocycles. The van der Waals surface area contributed by atoms with Crippen LogP contribution >= 0.6 is 0 Å². The summed E-state index contributed by atoms with van der Waals surface area (Å²) in [6.45, 7) is 3.77. The van der Waals surface area contributed by atoms with Crippen LogP contribution in [-0.4, -0.2) is 35.6 Å². The van der Waals surface area contributed by atoms with E-state index < -0.39 is 0 Å². The third-order valence-electron chi connectivity index (χ3n) is 5.92. The van der Waals surface area contributed by atoms with Gasteiger partial charge in [0.15, 0.2) is 11.4 Å². The summed E-state index contributed by atoms with van der Waals surface area (Å²) in [6, 6.07) is 22.2. The van der Waals surface area contributed by atoms with Gasteiger partial charge in [0.25, 0.3) is 0 Å². The highest BCUT2D eigenvalue weighted by Crippen LogP contribution is 2.32. The van der Waals surface area contributed by atoms with Crippen LogP contribution in [-0.2, 0) is 16.1 Å². The summed E-state index contributed by atoms with van der Waals surface area (Å²) in [6.07, 6.45) is 4.96. The molecule has 0 aliphatic carbocycles. The number of imidazole rings is 1. The number of benzene rings is 2. The number of carbonyl (C=O) groups is 1. The molecule has 4 rings (SSSR count). The number of amides is 1. The van der Waals surface area contributed by atoms with E-state index in [9.17, 15) is 4.79 Å². The predicted octanol–water partition coefficient (Wildman–Crippen LogP) is 4.90. The molecule has 1 atom stereocenters. The molecule has 0 aliphatic rings. The number of hydrogen-bond acceptors (Lipinski definition) is 4. The number of aryl methyl sites for hydroxylation is 1. The first-order chi connectivity index (χ1) is 16.7. The van der Waals surface area contributed by atoms with Crippen molar-refractivity contribution in [3.63, 3.8) is 0 Å². The van der Waals surface area contributed by atoms with Gasteiger partial charge in [-0.15, -0.1) is 0 Å². The zero-order chi connectivity index (χ0) is 23.8. The van der Waals surface area contributed by atoms with Crippen LogP contribution < -0.4 is 10.1 Å². The van der Waals surface area contributed by atoms with Crippen molar-refractivity contribution >= 4 is 11.6 Å². The Hall–Kier alpha value is -3.64. The largest absolute Gasteiger partial charge is 0.485 e. The van der Waals surface area contributed by atoms with E-state index in [4.69, 9.17) is 14.5 Å². The quantitative estimate of drug-likeness (QED) is 0.326. The molecule has 1 unspecified atom stereocenters. The topological polar surface area (TPSA) is 64.9 Å². The van der Waals surface area contributed by atoms with E-state index in [0.717, 1.165) is 34.5 Å². The smallest absolute Gasteiger partial charge is 0.221 e. The van der Waals surface area contributed by atoms with E-state index in [-0.39, 0.29) is 11.8 Å². The molecule has 1 N–H and O–H groups in total. The lowest BCUT2D eigenvalue weighted by atomic mass is 9.89. The van der Waals surface area contributed by atoms with Crippen LogP contribution in [0, 0.1) is 6.92 Å². The molecule has 4 aromatic rings. The molecule has 0 saturated heterocycles. The number of fused-ring (bicyclic) bond motifs is 1. The Labute approximate surface area is 200 Å². The molecule has 0 spiro atoms. The molecule has 1 amide bonds. The summed E-state index contributed by atoms with van der Waals surface area (Å²) in [5, 5.41) is 3.02. The highest BCUT2D eigenvalue weighted by Gasteiger charge is 2.24. The van der Waals surface area contributed by atoms with Crippen LogP contribution in [0.5, 0.6) is 5.75 Å². The van der Waals surface area contributed by atoms with Gasteiger partial charge in [0.1, 0.15) is 6.61 Å². The molecule has 0 bridgehead atoms. The van der Waals surface area contributed by atoms with Crippen molar-refractivity contribution in [2.45, 2.75) is 32.3 Å². The summed E-state index contributed by atoms with van der Waals surface area (Å²) in [5.41, 5.74) is 5.06. The van der Waals surface area contributed by atoms with Crippen LogP contribution in [0.3, 0.4) is 0 Å². The van der Waals surface area contributed by atoms with Gasteiger partial charge in [-0.05, 0) is 42.2 Å². The van der Waals surface area contributed by atoms with E-state index in [1.807, 2.05) is 71.4 Å². The fraction of sp³-hybridized carbons (Fsp3) is 0.286. The zero-order valence-corrected chi connectivity index (χ0v) is 19.7. The molecular formula is C28H31N3O3. The molecule has 0 aliphatic heterocycles. The molecule has 0 fully saturated rings. The lowest BCUT2D eigenvalue weighted by molar-refractivity contribution is -0.121. The number of nitrogens with one attached hydrogen (secondary N) is 1. The fourth-order valence-corrected chi connectivity index (χ4v) is 4.16. The maximum atomic E-state index is 12.9. The highest BCUT2D eigenvalue weighted by atomic mass is 16.5. The number of carbonyl (C=O) groups excluding carboxylic acids is 1. The fourth-order valence-electron chi connectivity index (χ4n) is 4.16. The first-order valence-corrected chi connectivity index (χ1v) is 11.6. The third-order valence-corrected chi connectivity index (χ3v) is 5.92. The Kier molecular flexibility index (Phi) is 7.94. The van der Waals surface area contributed by atoms with Crippen molar-refractivity contribution in [1.29, 1.82) is 0 Å². The number of ether oxygens (including phenoxy) is 2. The standard InChI is InChI=1S/C28H31N3O3/c1-21-10-6-7-13-23(21)24(18-27(32)29-15-9-17-33-2)25-19-30-28-26(14-8-16-31(25)28)34-20-22-11-4-3-5-12-22/h3-8,10-14,16,19,24H,9,15,17-18,20H2,1-2H3,(H,29,32). The van der Waals surface area contributed by atoms with E-state index >= 15 is 0 Å². The van der Waals surface area contributed by atoms with Crippen LogP contribution in [0.4, 0.5) is 0 Å². The van der Waals surface area contributed by atoms with Crippen LogP contribution in [0.15, 0.2) is 79.1 Å². The van der Waals surface area contributed by atoms with Gasteiger partial charge in [-0.3, -0.25) is 4.79 Å². The first kappa shape index (κ1) is 23.5. The average Bonchev–Trinajstić information content (AvgIpc) is 3.30. The summed E-state index contributed by atoms with van der Waals surface area (Å²) in [7, 11) is 1.67. The Morgan fingerprint density at radius 2 is 1.85 bits per heavy atom. The monoisotopic (exact) mass is 457 g/mol. The van der Waals surface area contributed by atoms with Crippen molar-refractivity contribution in [1.82, 2.24) is 14.7 Å². The number of rotatable bonds is 11. The lowest BCUT2D eigenvalue weighted by Crippen LogP contribution is -2.27. The predicted molar refractivity (Wildman–Crippen MR) is 133 cm³/mol. The average molecular weight is 458 g/mol. The normalized spacial score (nSPS) is 11.9. The second kappa shape index (κ2) is 11.5. The molecule has 176 valence electrons. The van der Waals surface area contributed by atoms with Crippen LogP contribution in [0.2, 0.25) is 0 Å². The number of aromatic nitrogens is 2. The summed E-state index contributed by atoms with van der Waals surface area (Å²) >= 11 is 0. The summed E-state index contributed by atoms with van der Waals surface area (Å²) in [5.74, 6) is 0.587. The second-order valence-corrected chi connectivity index (χ2v) is 8.33. The van der Waals surface area contributed by atoms with Crippen LogP contribution in [0.1, 0.15) is 41.1 Å². The van der Waals surface area contributed by atoms with Gasteiger partial charge in [0.05, 0.1) is 5.69 Å². The van der Waals surface area contributed by atoms with Crippen molar-refractivity contribution < 1.29 is 14.3 Å². The molecule has 0 radical (unpaired) electrons. The van der Waals surface area contributed by atoms with Gasteiger partial charge >= 0.3 is 0 Å². The lowest BCUT2D eigenvalue weighted by Gasteiger charge is -2.19. The molecule has 2 aromatic carbocycles. The van der Waals surface area contributed by atoms with E-state index in [1.165, 1.54) is 0 Å². The van der Waals surface area contributed by atoms with E-state index in [1.54, 1.807) is 7.11 Å². The highest BCUT2D eigenvalue weighted by molar-refractivity contribution is 5.77. The van der Waals surface area contributed by atoms with E-state index in [0.29, 0.717) is 31.9 Å². The van der Waals surface area contributed by atoms with Crippen molar-refractivity contribution in [3.05, 3.63) is 102 Å². The van der Waals surface area contributed by atoms with Gasteiger partial charge in [-0.25, -0.2) is 4.98 Å². The van der Waals surface area contributed by atoms with Crippen LogP contribution in [0.25, 0.3) is 5.65 Å². The zero-order valence-electron chi connectivity index (χ0n) is 19.7. The molecule has 2 aromatic heterocycles. The number of pyridine rings is 1. The number of hydrogen-bond donors (Lipinski definition) is 1. The summed E-state index contributed by atoms with van der Waals surface area (Å²) in [4.78, 5) is 17.5.